The number of nitrogens with zero attached hydrogens (tertiary/aromatic N) is 1. The lowest BCUT2D eigenvalue weighted by atomic mass is 10.1. The second-order valence-corrected chi connectivity index (χ2v) is 6.76. The molecule has 1 aromatic rings. The lowest BCUT2D eigenvalue weighted by Gasteiger charge is -2.30. The number of carbonyl (C=O) groups is 2. The maximum Gasteiger partial charge on any atom is 0.251 e. The van der Waals surface area contributed by atoms with E-state index < -0.39 is 0 Å². The molecule has 0 aliphatic carbocycles. The Morgan fingerprint density at radius 3 is 2.17 bits per heavy atom. The third-order valence-electron chi connectivity index (χ3n) is 4.20. The van der Waals surface area contributed by atoms with E-state index in [4.69, 9.17) is 0 Å². The first-order valence-corrected chi connectivity index (χ1v) is 8.60. The standard InChI is InChI=1S/C19H31N3O2/c1-13(2)22(14(3)4)10-9-20-18(23)12-21-19(24)17-8-7-15(5)16(6)11-17/h7-8,11,13-14H,9-10,12H2,1-6H3,(H,20,23)(H,21,24). The smallest absolute Gasteiger partial charge is 0.251 e. The van der Waals surface area contributed by atoms with Crippen LogP contribution in [0, 0.1) is 13.8 Å². The van der Waals surface area contributed by atoms with Crippen molar-refractivity contribution in [1.82, 2.24) is 15.5 Å². The Kier molecular flexibility index (Phi) is 7.92. The molecule has 0 aliphatic heterocycles. The molecule has 2 amide bonds. The molecule has 5 heteroatoms. The Morgan fingerprint density at radius 2 is 1.62 bits per heavy atom. The first kappa shape index (κ1) is 20.2. The van der Waals surface area contributed by atoms with E-state index in [0.717, 1.165) is 17.7 Å². The van der Waals surface area contributed by atoms with Crippen molar-refractivity contribution >= 4 is 11.8 Å². The summed E-state index contributed by atoms with van der Waals surface area (Å²) in [4.78, 5) is 26.3. The van der Waals surface area contributed by atoms with Crippen LogP contribution >= 0.6 is 0 Å². The van der Waals surface area contributed by atoms with Crippen molar-refractivity contribution < 1.29 is 9.59 Å². The van der Waals surface area contributed by atoms with Crippen molar-refractivity contribution in [3.05, 3.63) is 34.9 Å². The molecule has 0 aliphatic rings. The van der Waals surface area contributed by atoms with E-state index in [9.17, 15) is 9.59 Å². The van der Waals surface area contributed by atoms with Gasteiger partial charge in [-0.3, -0.25) is 14.5 Å². The van der Waals surface area contributed by atoms with Crippen molar-refractivity contribution in [3.8, 4) is 0 Å². The molecule has 0 radical (unpaired) electrons. The number of hydrogen-bond donors (Lipinski definition) is 2. The van der Waals surface area contributed by atoms with E-state index >= 15 is 0 Å². The fourth-order valence-corrected chi connectivity index (χ4v) is 2.64. The predicted molar refractivity (Wildman–Crippen MR) is 98.2 cm³/mol. The normalized spacial score (nSPS) is 11.2. The van der Waals surface area contributed by atoms with Crippen molar-refractivity contribution in [3.63, 3.8) is 0 Å². The van der Waals surface area contributed by atoms with Crippen LogP contribution in [0.25, 0.3) is 0 Å². The van der Waals surface area contributed by atoms with Crippen LogP contribution < -0.4 is 10.6 Å². The van der Waals surface area contributed by atoms with Crippen LogP contribution in [0.4, 0.5) is 0 Å². The highest BCUT2D eigenvalue weighted by molar-refractivity contribution is 5.96. The van der Waals surface area contributed by atoms with Gasteiger partial charge in [-0.1, -0.05) is 6.07 Å². The Balaban J connectivity index is 2.38. The molecule has 0 aromatic heterocycles. The first-order valence-electron chi connectivity index (χ1n) is 8.60. The summed E-state index contributed by atoms with van der Waals surface area (Å²) in [5, 5.41) is 5.52. The van der Waals surface area contributed by atoms with E-state index in [0.29, 0.717) is 24.2 Å². The van der Waals surface area contributed by atoms with E-state index in [-0.39, 0.29) is 18.4 Å². The van der Waals surface area contributed by atoms with Gasteiger partial charge >= 0.3 is 0 Å². The minimum absolute atomic E-state index is 0.00485. The van der Waals surface area contributed by atoms with E-state index in [1.165, 1.54) is 0 Å². The fraction of sp³-hybridized carbons (Fsp3) is 0.579. The molecule has 0 saturated carbocycles. The molecule has 0 fully saturated rings. The average molecular weight is 333 g/mol. The second kappa shape index (κ2) is 9.42. The summed E-state index contributed by atoms with van der Waals surface area (Å²) >= 11 is 0. The van der Waals surface area contributed by atoms with Crippen LogP contribution in [0.5, 0.6) is 0 Å². The molecule has 0 heterocycles. The van der Waals surface area contributed by atoms with Gasteiger partial charge in [0.15, 0.2) is 0 Å². The first-order chi connectivity index (χ1) is 11.2. The van der Waals surface area contributed by atoms with Gasteiger partial charge in [0.05, 0.1) is 6.54 Å². The van der Waals surface area contributed by atoms with Gasteiger partial charge in [-0.25, -0.2) is 0 Å². The molecule has 1 rings (SSSR count). The van der Waals surface area contributed by atoms with Gasteiger partial charge < -0.3 is 10.6 Å². The summed E-state index contributed by atoms with van der Waals surface area (Å²) < 4.78 is 0. The minimum atomic E-state index is -0.223. The summed E-state index contributed by atoms with van der Waals surface area (Å²) in [5.74, 6) is -0.390. The lowest BCUT2D eigenvalue weighted by Crippen LogP contribution is -2.44. The topological polar surface area (TPSA) is 61.4 Å². The number of amides is 2. The van der Waals surface area contributed by atoms with Crippen LogP contribution in [0.3, 0.4) is 0 Å². The molecular weight excluding hydrogens is 302 g/mol. The van der Waals surface area contributed by atoms with Crippen molar-refractivity contribution in [2.75, 3.05) is 19.6 Å². The maximum atomic E-state index is 12.1. The van der Waals surface area contributed by atoms with Crippen LogP contribution in [-0.4, -0.2) is 48.4 Å². The monoisotopic (exact) mass is 333 g/mol. The summed E-state index contributed by atoms with van der Waals surface area (Å²) in [6.45, 7) is 13.9. The second-order valence-electron chi connectivity index (χ2n) is 6.76. The Bertz CT molecular complexity index is 560. The summed E-state index contributed by atoms with van der Waals surface area (Å²) in [7, 11) is 0. The predicted octanol–water partition coefficient (Wildman–Crippen LogP) is 2.27. The number of hydrogen-bond acceptors (Lipinski definition) is 3. The quantitative estimate of drug-likeness (QED) is 0.767. The Morgan fingerprint density at radius 1 is 1.00 bits per heavy atom. The fourth-order valence-electron chi connectivity index (χ4n) is 2.64. The van der Waals surface area contributed by atoms with Gasteiger partial charge in [0.1, 0.15) is 0 Å². The van der Waals surface area contributed by atoms with Crippen LogP contribution in [-0.2, 0) is 4.79 Å². The van der Waals surface area contributed by atoms with Gasteiger partial charge in [-0.2, -0.15) is 0 Å². The molecule has 2 N–H and O–H groups in total. The van der Waals surface area contributed by atoms with Gasteiger partial charge in [-0.15, -0.1) is 0 Å². The molecule has 0 saturated heterocycles. The van der Waals surface area contributed by atoms with E-state index in [1.54, 1.807) is 6.07 Å². The van der Waals surface area contributed by atoms with Crippen LogP contribution in [0.2, 0.25) is 0 Å². The van der Waals surface area contributed by atoms with Crippen molar-refractivity contribution in [1.29, 1.82) is 0 Å². The van der Waals surface area contributed by atoms with Gasteiger partial charge in [0, 0.05) is 30.7 Å². The molecule has 134 valence electrons. The number of benzene rings is 1. The van der Waals surface area contributed by atoms with Crippen LogP contribution in [0.1, 0.15) is 49.2 Å². The van der Waals surface area contributed by atoms with Crippen molar-refractivity contribution in [2.45, 2.75) is 53.6 Å². The SMILES string of the molecule is Cc1ccc(C(=O)NCC(=O)NCCN(C(C)C)C(C)C)cc1C. The summed E-state index contributed by atoms with van der Waals surface area (Å²) in [6.07, 6.45) is 0. The van der Waals surface area contributed by atoms with Crippen molar-refractivity contribution in [2.24, 2.45) is 0 Å². The van der Waals surface area contributed by atoms with Gasteiger partial charge in [0.25, 0.3) is 5.91 Å². The number of rotatable bonds is 8. The maximum absolute atomic E-state index is 12.1. The number of aryl methyl sites for hydroxylation is 2. The minimum Gasteiger partial charge on any atom is -0.353 e. The molecule has 0 bridgehead atoms. The molecule has 24 heavy (non-hydrogen) atoms. The highest BCUT2D eigenvalue weighted by Gasteiger charge is 2.13. The summed E-state index contributed by atoms with van der Waals surface area (Å²) in [6, 6.07) is 6.40. The molecule has 0 atom stereocenters. The number of carbonyl (C=O) groups excluding carboxylic acids is 2. The third kappa shape index (κ3) is 6.32. The lowest BCUT2D eigenvalue weighted by molar-refractivity contribution is -0.120. The largest absolute Gasteiger partial charge is 0.353 e. The molecule has 1 aromatic carbocycles. The molecule has 0 spiro atoms. The summed E-state index contributed by atoms with van der Waals surface area (Å²) in [5.41, 5.74) is 2.79. The third-order valence-corrected chi connectivity index (χ3v) is 4.20. The zero-order valence-corrected chi connectivity index (χ0v) is 15.8. The van der Waals surface area contributed by atoms with Gasteiger partial charge in [0.2, 0.25) is 5.91 Å². The Hall–Kier alpha value is -1.88. The van der Waals surface area contributed by atoms with Gasteiger partial charge in [-0.05, 0) is 64.8 Å². The zero-order valence-electron chi connectivity index (χ0n) is 15.8. The molecule has 5 nitrogen and oxygen atoms in total. The highest BCUT2D eigenvalue weighted by Crippen LogP contribution is 2.09. The molecule has 0 unspecified atom stereocenters. The van der Waals surface area contributed by atoms with E-state index in [1.807, 2.05) is 26.0 Å². The molecular formula is C19H31N3O2. The van der Waals surface area contributed by atoms with Crippen LogP contribution in [0.15, 0.2) is 18.2 Å². The average Bonchev–Trinajstić information content (AvgIpc) is 2.51. The van der Waals surface area contributed by atoms with E-state index in [2.05, 4.69) is 43.2 Å². The highest BCUT2D eigenvalue weighted by atomic mass is 16.2. The zero-order chi connectivity index (χ0) is 18.3. The number of nitrogens with one attached hydrogen (secondary N) is 2. The Labute approximate surface area is 145 Å².